The Morgan fingerprint density at radius 3 is 1.88 bits per heavy atom. The largest absolute Gasteiger partial charge is 0.390 e. The lowest BCUT2D eigenvalue weighted by atomic mass is 9.83. The normalized spacial score (nSPS) is 14.1. The molecule has 0 aliphatic rings. The molecule has 1 N–H and O–H groups in total. The van der Waals surface area contributed by atoms with E-state index in [1.165, 1.54) is 57.8 Å². The summed E-state index contributed by atoms with van der Waals surface area (Å²) in [4.78, 5) is 0. The van der Waals surface area contributed by atoms with Crippen LogP contribution in [0.15, 0.2) is 0 Å². The summed E-state index contributed by atoms with van der Waals surface area (Å²) in [5.74, 6) is 0.490. The molecule has 1 nitrogen and oxygen atoms in total. The summed E-state index contributed by atoms with van der Waals surface area (Å²) in [6.45, 7) is 8.39. The van der Waals surface area contributed by atoms with Crippen LogP contribution in [-0.2, 0) is 0 Å². The van der Waals surface area contributed by atoms with E-state index in [4.69, 9.17) is 0 Å². The van der Waals surface area contributed by atoms with Gasteiger partial charge in [0.1, 0.15) is 0 Å². The van der Waals surface area contributed by atoms with Crippen LogP contribution in [0.2, 0.25) is 0 Å². The van der Waals surface area contributed by atoms with Crippen LogP contribution in [0.3, 0.4) is 0 Å². The Kier molecular flexibility index (Phi) is 9.02. The number of aliphatic hydroxyl groups is 1. The van der Waals surface area contributed by atoms with E-state index in [0.29, 0.717) is 5.92 Å². The summed E-state index contributed by atoms with van der Waals surface area (Å²) in [5, 5.41) is 10.0. The third kappa shape index (κ3) is 8.15. The van der Waals surface area contributed by atoms with E-state index in [-0.39, 0.29) is 0 Å². The fraction of sp³-hybridized carbons (Fsp3) is 1.00. The van der Waals surface area contributed by atoms with Crippen LogP contribution in [0, 0.1) is 5.92 Å². The SMILES string of the molecule is CCCCCCCCC(CCC)C(C)(C)O. The summed E-state index contributed by atoms with van der Waals surface area (Å²) in [7, 11) is 0. The maximum Gasteiger partial charge on any atom is 0.0619 e. The van der Waals surface area contributed by atoms with Crippen LogP contribution >= 0.6 is 0 Å². The lowest BCUT2D eigenvalue weighted by Gasteiger charge is -2.29. The number of unbranched alkanes of at least 4 members (excludes halogenated alkanes) is 5. The first-order valence-corrected chi connectivity index (χ1v) is 7.24. The molecule has 0 aromatic carbocycles. The number of hydrogen-bond donors (Lipinski definition) is 1. The van der Waals surface area contributed by atoms with Crippen molar-refractivity contribution in [2.75, 3.05) is 0 Å². The van der Waals surface area contributed by atoms with Gasteiger partial charge in [0, 0.05) is 0 Å². The zero-order valence-corrected chi connectivity index (χ0v) is 11.9. The van der Waals surface area contributed by atoms with E-state index in [0.717, 1.165) is 0 Å². The van der Waals surface area contributed by atoms with Crippen LogP contribution < -0.4 is 0 Å². The highest BCUT2D eigenvalue weighted by Gasteiger charge is 2.24. The third-order valence-electron chi connectivity index (χ3n) is 3.54. The number of rotatable bonds is 10. The van der Waals surface area contributed by atoms with Gasteiger partial charge in [-0.2, -0.15) is 0 Å². The Bertz CT molecular complexity index is 146. The van der Waals surface area contributed by atoms with Gasteiger partial charge >= 0.3 is 0 Å². The lowest BCUT2D eigenvalue weighted by Crippen LogP contribution is -2.30. The molecule has 0 radical (unpaired) electrons. The second kappa shape index (κ2) is 9.04. The van der Waals surface area contributed by atoms with E-state index in [9.17, 15) is 5.11 Å². The molecule has 0 fully saturated rings. The molecule has 0 saturated heterocycles. The summed E-state index contributed by atoms with van der Waals surface area (Å²) in [6.07, 6.45) is 11.6. The van der Waals surface area contributed by atoms with Crippen molar-refractivity contribution in [1.82, 2.24) is 0 Å². The molecule has 0 heterocycles. The van der Waals surface area contributed by atoms with Gasteiger partial charge in [0.25, 0.3) is 0 Å². The zero-order valence-electron chi connectivity index (χ0n) is 11.9. The Balaban J connectivity index is 3.61. The minimum absolute atomic E-state index is 0.487. The van der Waals surface area contributed by atoms with Crippen molar-refractivity contribution >= 4 is 0 Å². The summed E-state index contributed by atoms with van der Waals surface area (Å²) in [5.41, 5.74) is -0.487. The topological polar surface area (TPSA) is 20.2 Å². The van der Waals surface area contributed by atoms with Crippen LogP contribution in [0.25, 0.3) is 0 Å². The molecule has 0 aromatic heterocycles. The molecule has 16 heavy (non-hydrogen) atoms. The Morgan fingerprint density at radius 1 is 0.812 bits per heavy atom. The van der Waals surface area contributed by atoms with Crippen LogP contribution in [0.4, 0.5) is 0 Å². The van der Waals surface area contributed by atoms with Gasteiger partial charge in [-0.25, -0.2) is 0 Å². The van der Waals surface area contributed by atoms with Gasteiger partial charge < -0.3 is 5.11 Å². The molecule has 0 aromatic rings. The highest BCUT2D eigenvalue weighted by atomic mass is 16.3. The molecule has 1 heteroatoms. The van der Waals surface area contributed by atoms with Crippen molar-refractivity contribution in [3.05, 3.63) is 0 Å². The van der Waals surface area contributed by atoms with Gasteiger partial charge in [-0.05, 0) is 32.6 Å². The van der Waals surface area contributed by atoms with E-state index in [1.807, 2.05) is 13.8 Å². The Labute approximate surface area is 103 Å². The molecular weight excluding hydrogens is 196 g/mol. The number of hydrogen-bond acceptors (Lipinski definition) is 1. The molecule has 1 atom stereocenters. The van der Waals surface area contributed by atoms with Crippen molar-refractivity contribution in [2.45, 2.75) is 91.1 Å². The lowest BCUT2D eigenvalue weighted by molar-refractivity contribution is 0.00795. The Hall–Kier alpha value is -0.0400. The predicted octanol–water partition coefficient (Wildman–Crippen LogP) is 4.92. The van der Waals surface area contributed by atoms with Crippen molar-refractivity contribution in [3.8, 4) is 0 Å². The first kappa shape index (κ1) is 16.0. The van der Waals surface area contributed by atoms with Crippen LogP contribution in [0.1, 0.15) is 85.5 Å². The summed E-state index contributed by atoms with van der Waals surface area (Å²) in [6, 6.07) is 0. The highest BCUT2D eigenvalue weighted by Crippen LogP contribution is 2.27. The fourth-order valence-corrected chi connectivity index (χ4v) is 2.37. The van der Waals surface area contributed by atoms with Crippen molar-refractivity contribution in [2.24, 2.45) is 5.92 Å². The van der Waals surface area contributed by atoms with E-state index in [2.05, 4.69) is 13.8 Å². The molecule has 0 saturated carbocycles. The highest BCUT2D eigenvalue weighted by molar-refractivity contribution is 4.76. The summed E-state index contributed by atoms with van der Waals surface area (Å²) < 4.78 is 0. The van der Waals surface area contributed by atoms with Crippen molar-refractivity contribution < 1.29 is 5.11 Å². The van der Waals surface area contributed by atoms with Gasteiger partial charge in [-0.3, -0.25) is 0 Å². The van der Waals surface area contributed by atoms with Gasteiger partial charge in [0.2, 0.25) is 0 Å². The quantitative estimate of drug-likeness (QED) is 0.526. The molecule has 98 valence electrons. The van der Waals surface area contributed by atoms with Gasteiger partial charge in [-0.1, -0.05) is 58.8 Å². The minimum atomic E-state index is -0.487. The summed E-state index contributed by atoms with van der Waals surface area (Å²) >= 11 is 0. The molecule has 1 unspecified atom stereocenters. The standard InChI is InChI=1S/C15H32O/c1-5-7-8-9-10-11-13-14(12-6-2)15(3,4)16/h14,16H,5-13H2,1-4H3. The average Bonchev–Trinajstić information content (AvgIpc) is 2.20. The molecule has 0 aliphatic carbocycles. The fourth-order valence-electron chi connectivity index (χ4n) is 2.37. The van der Waals surface area contributed by atoms with E-state index in [1.54, 1.807) is 0 Å². The molecule has 0 spiro atoms. The average molecular weight is 228 g/mol. The van der Waals surface area contributed by atoms with Crippen LogP contribution in [-0.4, -0.2) is 10.7 Å². The molecule has 0 bridgehead atoms. The van der Waals surface area contributed by atoms with Crippen molar-refractivity contribution in [1.29, 1.82) is 0 Å². The predicted molar refractivity (Wildman–Crippen MR) is 72.7 cm³/mol. The second-order valence-electron chi connectivity index (χ2n) is 5.70. The van der Waals surface area contributed by atoms with Crippen molar-refractivity contribution in [3.63, 3.8) is 0 Å². The van der Waals surface area contributed by atoms with E-state index >= 15 is 0 Å². The smallest absolute Gasteiger partial charge is 0.0619 e. The maximum atomic E-state index is 10.0. The molecule has 0 aliphatic heterocycles. The minimum Gasteiger partial charge on any atom is -0.390 e. The van der Waals surface area contributed by atoms with Crippen LogP contribution in [0.5, 0.6) is 0 Å². The molecule has 0 amide bonds. The van der Waals surface area contributed by atoms with Gasteiger partial charge in [0.05, 0.1) is 5.60 Å². The Morgan fingerprint density at radius 2 is 1.38 bits per heavy atom. The van der Waals surface area contributed by atoms with Gasteiger partial charge in [0.15, 0.2) is 0 Å². The molecular formula is C15H32O. The first-order valence-electron chi connectivity index (χ1n) is 7.24. The molecule has 0 rings (SSSR count). The zero-order chi connectivity index (χ0) is 12.4. The first-order chi connectivity index (χ1) is 7.52. The maximum absolute atomic E-state index is 10.0. The third-order valence-corrected chi connectivity index (χ3v) is 3.54. The van der Waals surface area contributed by atoms with Gasteiger partial charge in [-0.15, -0.1) is 0 Å². The second-order valence-corrected chi connectivity index (χ2v) is 5.70. The van der Waals surface area contributed by atoms with E-state index < -0.39 is 5.60 Å². The monoisotopic (exact) mass is 228 g/mol.